The van der Waals surface area contributed by atoms with Gasteiger partial charge in [-0.3, -0.25) is 4.79 Å². The van der Waals surface area contributed by atoms with E-state index in [4.69, 9.17) is 9.47 Å². The number of fused-ring (bicyclic) bond motifs is 3. The van der Waals surface area contributed by atoms with Crippen LogP contribution in [0.3, 0.4) is 0 Å². The van der Waals surface area contributed by atoms with Gasteiger partial charge in [0.1, 0.15) is 12.4 Å². The molecular weight excluding hydrogens is 570 g/mol. The summed E-state index contributed by atoms with van der Waals surface area (Å²) in [4.78, 5) is 11.8. The minimum Gasteiger partial charge on any atom is -0.489 e. The first-order chi connectivity index (χ1) is 16.8. The summed E-state index contributed by atoms with van der Waals surface area (Å²) < 4.78 is 55.5. The SMILES string of the molecule is COC(=O)CC1CCn2c1c(I)c1cc(OCc3ccc(C4CCCC4)c(C(F)(F)F)c3)ccc12. The van der Waals surface area contributed by atoms with Gasteiger partial charge >= 0.3 is 12.1 Å². The number of alkyl halides is 3. The van der Waals surface area contributed by atoms with Crippen LogP contribution in [0.15, 0.2) is 36.4 Å². The maximum absolute atomic E-state index is 13.8. The monoisotopic (exact) mass is 597 g/mol. The van der Waals surface area contributed by atoms with Crippen molar-refractivity contribution in [3.8, 4) is 5.75 Å². The third-order valence-corrected chi connectivity index (χ3v) is 8.50. The largest absolute Gasteiger partial charge is 0.489 e. The fourth-order valence-corrected chi connectivity index (χ4v) is 6.81. The van der Waals surface area contributed by atoms with Crippen molar-refractivity contribution >= 4 is 39.5 Å². The predicted octanol–water partition coefficient (Wildman–Crippen LogP) is 7.55. The van der Waals surface area contributed by atoms with E-state index in [1.807, 2.05) is 18.2 Å². The first kappa shape index (κ1) is 24.5. The van der Waals surface area contributed by atoms with E-state index < -0.39 is 11.7 Å². The molecule has 4 nitrogen and oxygen atoms in total. The zero-order valence-corrected chi connectivity index (χ0v) is 21.6. The van der Waals surface area contributed by atoms with Crippen molar-refractivity contribution in [3.05, 3.63) is 62.4 Å². The van der Waals surface area contributed by atoms with Crippen LogP contribution < -0.4 is 4.74 Å². The molecule has 8 heteroatoms. The van der Waals surface area contributed by atoms with E-state index in [2.05, 4.69) is 27.2 Å². The number of rotatable bonds is 6. The van der Waals surface area contributed by atoms with Gasteiger partial charge in [-0.2, -0.15) is 13.2 Å². The number of aromatic nitrogens is 1. The van der Waals surface area contributed by atoms with Crippen molar-refractivity contribution < 1.29 is 27.4 Å². The summed E-state index contributed by atoms with van der Waals surface area (Å²) in [5.74, 6) is 0.500. The molecule has 2 aliphatic rings. The Morgan fingerprint density at radius 2 is 1.89 bits per heavy atom. The van der Waals surface area contributed by atoms with Crippen LogP contribution in [0.4, 0.5) is 13.2 Å². The highest BCUT2D eigenvalue weighted by Crippen LogP contribution is 2.43. The fraction of sp³-hybridized carbons (Fsp3) is 0.444. The average Bonchev–Trinajstić information content (AvgIpc) is 3.57. The smallest absolute Gasteiger partial charge is 0.416 e. The van der Waals surface area contributed by atoms with Crippen LogP contribution in [0.5, 0.6) is 5.75 Å². The minimum atomic E-state index is -4.38. The van der Waals surface area contributed by atoms with E-state index in [9.17, 15) is 18.0 Å². The summed E-state index contributed by atoms with van der Waals surface area (Å²) in [5.41, 5.74) is 2.60. The maximum Gasteiger partial charge on any atom is 0.416 e. The molecule has 0 amide bonds. The summed E-state index contributed by atoms with van der Waals surface area (Å²) in [6, 6.07) is 10.4. The zero-order valence-electron chi connectivity index (χ0n) is 19.5. The number of carbonyl (C=O) groups is 1. The quantitative estimate of drug-likeness (QED) is 0.218. The minimum absolute atomic E-state index is 0.00845. The van der Waals surface area contributed by atoms with Crippen LogP contribution in [0.25, 0.3) is 10.9 Å². The van der Waals surface area contributed by atoms with E-state index in [0.29, 0.717) is 23.3 Å². The molecule has 2 heterocycles. The molecule has 1 unspecified atom stereocenters. The Morgan fingerprint density at radius 1 is 1.11 bits per heavy atom. The van der Waals surface area contributed by atoms with Gasteiger partial charge in [0.05, 0.1) is 19.1 Å². The number of aryl methyl sites for hydroxylation is 1. The Bertz CT molecular complexity index is 1260. The second-order valence-corrected chi connectivity index (χ2v) is 10.6. The van der Waals surface area contributed by atoms with Gasteiger partial charge in [0.25, 0.3) is 0 Å². The van der Waals surface area contributed by atoms with Crippen molar-refractivity contribution in [2.75, 3.05) is 7.11 Å². The van der Waals surface area contributed by atoms with Crippen LogP contribution in [-0.2, 0) is 28.9 Å². The van der Waals surface area contributed by atoms with Gasteiger partial charge in [-0.1, -0.05) is 25.0 Å². The second-order valence-electron chi connectivity index (χ2n) is 9.49. The van der Waals surface area contributed by atoms with Crippen LogP contribution in [0.2, 0.25) is 0 Å². The Kier molecular flexibility index (Phi) is 6.76. The van der Waals surface area contributed by atoms with E-state index in [1.165, 1.54) is 13.2 Å². The molecule has 1 atom stereocenters. The first-order valence-corrected chi connectivity index (χ1v) is 13.1. The first-order valence-electron chi connectivity index (χ1n) is 12.0. The van der Waals surface area contributed by atoms with Crippen LogP contribution in [-0.4, -0.2) is 17.6 Å². The standard InChI is InChI=1S/C27H27F3INO3/c1-34-24(33)13-18-10-11-32-23-9-7-19(14-21(23)25(31)26(18)32)35-15-16-6-8-20(17-4-2-3-5-17)22(12-16)27(28,29)30/h6-9,12,14,17-18H,2-5,10-11,13,15H2,1H3. The maximum atomic E-state index is 13.8. The number of methoxy groups -OCH3 is 1. The normalized spacial score (nSPS) is 18.3. The lowest BCUT2D eigenvalue weighted by Crippen LogP contribution is -2.12. The van der Waals surface area contributed by atoms with Gasteiger partial charge in [0, 0.05) is 32.6 Å². The Labute approximate surface area is 215 Å². The summed E-state index contributed by atoms with van der Waals surface area (Å²) in [6.07, 6.45) is 0.482. The molecule has 0 radical (unpaired) electrons. The molecule has 3 aromatic rings. The van der Waals surface area contributed by atoms with Gasteiger partial charge in [-0.15, -0.1) is 0 Å². The van der Waals surface area contributed by atoms with Crippen molar-refractivity contribution in [2.45, 2.75) is 69.7 Å². The lowest BCUT2D eigenvalue weighted by Gasteiger charge is -2.19. The summed E-state index contributed by atoms with van der Waals surface area (Å²) in [5, 5.41) is 1.03. The van der Waals surface area contributed by atoms with E-state index in [0.717, 1.165) is 58.8 Å². The molecule has 1 saturated carbocycles. The van der Waals surface area contributed by atoms with Crippen molar-refractivity contribution in [1.29, 1.82) is 0 Å². The average molecular weight is 597 g/mol. The second kappa shape index (κ2) is 9.67. The van der Waals surface area contributed by atoms with Crippen molar-refractivity contribution in [1.82, 2.24) is 4.57 Å². The highest BCUT2D eigenvalue weighted by Gasteiger charge is 2.36. The van der Waals surface area contributed by atoms with E-state index in [1.54, 1.807) is 12.1 Å². The highest BCUT2D eigenvalue weighted by molar-refractivity contribution is 14.1. The fourth-order valence-electron chi connectivity index (χ4n) is 5.65. The van der Waals surface area contributed by atoms with Crippen LogP contribution in [0.1, 0.15) is 72.7 Å². The van der Waals surface area contributed by atoms with Gasteiger partial charge in [0.2, 0.25) is 0 Å². The summed E-state index contributed by atoms with van der Waals surface area (Å²) in [7, 11) is 1.40. The van der Waals surface area contributed by atoms with Gasteiger partial charge < -0.3 is 14.0 Å². The lowest BCUT2D eigenvalue weighted by molar-refractivity contribution is -0.141. The van der Waals surface area contributed by atoms with E-state index in [-0.39, 0.29) is 24.4 Å². The zero-order chi connectivity index (χ0) is 24.7. The molecule has 1 fully saturated rings. The van der Waals surface area contributed by atoms with Crippen molar-refractivity contribution in [3.63, 3.8) is 0 Å². The Balaban J connectivity index is 1.37. The van der Waals surface area contributed by atoms with Crippen LogP contribution >= 0.6 is 22.6 Å². The molecule has 0 bridgehead atoms. The molecule has 5 rings (SSSR count). The van der Waals surface area contributed by atoms with Gasteiger partial charge in [-0.25, -0.2) is 0 Å². The predicted molar refractivity (Wildman–Crippen MR) is 136 cm³/mol. The molecule has 2 aromatic carbocycles. The van der Waals surface area contributed by atoms with Gasteiger partial charge in [0.15, 0.2) is 0 Å². The summed E-state index contributed by atoms with van der Waals surface area (Å²) >= 11 is 2.31. The Hall–Kier alpha value is -2.23. The van der Waals surface area contributed by atoms with Crippen molar-refractivity contribution in [2.24, 2.45) is 0 Å². The number of hydrogen-bond acceptors (Lipinski definition) is 3. The molecule has 0 saturated heterocycles. The number of esters is 1. The molecule has 1 aromatic heterocycles. The third kappa shape index (κ3) is 4.78. The summed E-state index contributed by atoms with van der Waals surface area (Å²) in [6.45, 7) is 0.902. The molecular formula is C27H27F3INO3. The number of nitrogens with zero attached hydrogens (tertiary/aromatic N) is 1. The third-order valence-electron chi connectivity index (χ3n) is 7.36. The molecule has 186 valence electrons. The number of carbonyl (C=O) groups excluding carboxylic acids is 1. The van der Waals surface area contributed by atoms with Crippen LogP contribution in [0, 0.1) is 3.57 Å². The number of hydrogen-bond donors (Lipinski definition) is 0. The molecule has 1 aliphatic heterocycles. The molecule has 1 aliphatic carbocycles. The number of halogens is 4. The Morgan fingerprint density at radius 3 is 2.60 bits per heavy atom. The number of benzene rings is 2. The molecule has 0 N–H and O–H groups in total. The molecule has 0 spiro atoms. The molecule has 35 heavy (non-hydrogen) atoms. The van der Waals surface area contributed by atoms with Gasteiger partial charge in [-0.05, 0) is 83.2 Å². The lowest BCUT2D eigenvalue weighted by atomic mass is 9.91. The topological polar surface area (TPSA) is 40.5 Å². The van der Waals surface area contributed by atoms with E-state index >= 15 is 0 Å². The highest BCUT2D eigenvalue weighted by atomic mass is 127. The number of ether oxygens (including phenoxy) is 2.